The van der Waals surface area contributed by atoms with Crippen molar-refractivity contribution >= 4 is 28.9 Å². The molecule has 1 aromatic carbocycles. The fourth-order valence-corrected chi connectivity index (χ4v) is 1.91. The Hall–Kier alpha value is -1.59. The number of rotatable bonds is 4. The smallest absolute Gasteiger partial charge is 0.270 e. The predicted molar refractivity (Wildman–Crippen MR) is 69.0 cm³/mol. The number of halogens is 2. The minimum absolute atomic E-state index is 0.0178. The molecule has 0 amide bonds. The Morgan fingerprint density at radius 2 is 2.22 bits per heavy atom. The third-order valence-corrected chi connectivity index (χ3v) is 3.05. The highest BCUT2D eigenvalue weighted by Crippen LogP contribution is 2.23. The van der Waals surface area contributed by atoms with Gasteiger partial charge in [0, 0.05) is 24.9 Å². The zero-order chi connectivity index (χ0) is 13.1. The molecule has 0 bridgehead atoms. The highest BCUT2D eigenvalue weighted by molar-refractivity contribution is 6.31. The molecular formula is C11H9Cl2N3O2. The number of benzene rings is 1. The summed E-state index contributed by atoms with van der Waals surface area (Å²) in [6.45, 7) is 0.501. The van der Waals surface area contributed by atoms with Gasteiger partial charge in [0.2, 0.25) is 0 Å². The van der Waals surface area contributed by atoms with Gasteiger partial charge in [-0.2, -0.15) is 0 Å². The summed E-state index contributed by atoms with van der Waals surface area (Å²) in [5.74, 6) is 0.348. The zero-order valence-electron chi connectivity index (χ0n) is 9.22. The van der Waals surface area contributed by atoms with Gasteiger partial charge in [-0.1, -0.05) is 11.6 Å². The van der Waals surface area contributed by atoms with Crippen LogP contribution in [0.15, 0.2) is 30.7 Å². The maximum absolute atomic E-state index is 10.6. The number of nitro benzene ring substituents is 1. The average molecular weight is 286 g/mol. The summed E-state index contributed by atoms with van der Waals surface area (Å²) in [5.41, 5.74) is 1.55. The number of hydrogen-bond acceptors (Lipinski definition) is 3. The van der Waals surface area contributed by atoms with Crippen molar-refractivity contribution in [2.75, 3.05) is 0 Å². The minimum Gasteiger partial charge on any atom is -0.333 e. The highest BCUT2D eigenvalue weighted by Gasteiger charge is 2.09. The van der Waals surface area contributed by atoms with Crippen molar-refractivity contribution < 1.29 is 4.92 Å². The van der Waals surface area contributed by atoms with Crippen molar-refractivity contribution in [3.63, 3.8) is 0 Å². The molecule has 0 aliphatic rings. The molecule has 0 saturated carbocycles. The topological polar surface area (TPSA) is 61.0 Å². The molecule has 0 unspecified atom stereocenters. The summed E-state index contributed by atoms with van der Waals surface area (Å²) in [7, 11) is 0. The molecule has 5 nitrogen and oxygen atoms in total. The number of non-ortho nitro benzene ring substituents is 1. The molecule has 18 heavy (non-hydrogen) atoms. The van der Waals surface area contributed by atoms with E-state index in [0.717, 1.165) is 11.3 Å². The monoisotopic (exact) mass is 285 g/mol. The first-order chi connectivity index (χ1) is 8.60. The van der Waals surface area contributed by atoms with Gasteiger partial charge in [-0.3, -0.25) is 10.1 Å². The molecule has 0 spiro atoms. The molecule has 7 heteroatoms. The summed E-state index contributed by atoms with van der Waals surface area (Å²) in [6, 6.07) is 4.41. The molecule has 0 aliphatic heterocycles. The van der Waals surface area contributed by atoms with Crippen LogP contribution in [0.1, 0.15) is 11.3 Å². The van der Waals surface area contributed by atoms with E-state index in [9.17, 15) is 10.1 Å². The predicted octanol–water partition coefficient (Wildman–Crippen LogP) is 3.23. The third-order valence-electron chi connectivity index (χ3n) is 2.42. The van der Waals surface area contributed by atoms with E-state index >= 15 is 0 Å². The van der Waals surface area contributed by atoms with E-state index in [1.807, 2.05) is 10.8 Å². The molecule has 2 rings (SSSR count). The molecule has 2 aromatic rings. The van der Waals surface area contributed by atoms with Crippen LogP contribution in [0.2, 0.25) is 5.02 Å². The van der Waals surface area contributed by atoms with Crippen molar-refractivity contribution in [3.05, 3.63) is 57.1 Å². The molecule has 0 atom stereocenters. The van der Waals surface area contributed by atoms with E-state index in [1.165, 1.54) is 12.1 Å². The van der Waals surface area contributed by atoms with Gasteiger partial charge in [0.25, 0.3) is 5.69 Å². The Labute approximate surface area is 113 Å². The largest absolute Gasteiger partial charge is 0.333 e. The van der Waals surface area contributed by atoms with Crippen molar-refractivity contribution in [2.45, 2.75) is 12.4 Å². The normalized spacial score (nSPS) is 10.6. The molecule has 0 aliphatic carbocycles. The summed E-state index contributed by atoms with van der Waals surface area (Å²) >= 11 is 11.7. The number of nitrogens with zero attached hydrogens (tertiary/aromatic N) is 3. The van der Waals surface area contributed by atoms with Crippen molar-refractivity contribution in [2.24, 2.45) is 0 Å². The number of imidazole rings is 1. The first kappa shape index (κ1) is 12.9. The maximum Gasteiger partial charge on any atom is 0.270 e. The maximum atomic E-state index is 10.6. The number of aromatic nitrogens is 2. The standard InChI is InChI=1S/C11H9Cl2N3O2/c12-4-9-6-15(7-14-9)5-8-1-2-10(16(17)18)3-11(8)13/h1-3,6-7H,4-5H2. The molecule has 0 saturated heterocycles. The van der Waals surface area contributed by atoms with Gasteiger partial charge in [-0.05, 0) is 11.6 Å². The van der Waals surface area contributed by atoms with Crippen LogP contribution < -0.4 is 0 Å². The van der Waals surface area contributed by atoms with Gasteiger partial charge in [-0.25, -0.2) is 4.98 Å². The summed E-state index contributed by atoms with van der Waals surface area (Å²) < 4.78 is 1.82. The lowest BCUT2D eigenvalue weighted by atomic mass is 10.2. The fourth-order valence-electron chi connectivity index (χ4n) is 1.54. The van der Waals surface area contributed by atoms with E-state index in [2.05, 4.69) is 4.98 Å². The van der Waals surface area contributed by atoms with Crippen molar-refractivity contribution in [1.82, 2.24) is 9.55 Å². The van der Waals surface area contributed by atoms with Crippen LogP contribution in [0.25, 0.3) is 0 Å². The lowest BCUT2D eigenvalue weighted by molar-refractivity contribution is -0.384. The van der Waals surface area contributed by atoms with Gasteiger partial charge in [0.1, 0.15) is 0 Å². The number of alkyl halides is 1. The van der Waals surface area contributed by atoms with Crippen LogP contribution in [0, 0.1) is 10.1 Å². The third kappa shape index (κ3) is 2.80. The Morgan fingerprint density at radius 3 is 2.78 bits per heavy atom. The van der Waals surface area contributed by atoms with E-state index in [1.54, 1.807) is 12.4 Å². The van der Waals surface area contributed by atoms with Gasteiger partial charge in [0.15, 0.2) is 0 Å². The highest BCUT2D eigenvalue weighted by atomic mass is 35.5. The average Bonchev–Trinajstić information content (AvgIpc) is 2.79. The summed E-state index contributed by atoms with van der Waals surface area (Å²) in [4.78, 5) is 14.2. The van der Waals surface area contributed by atoms with Crippen LogP contribution in [-0.4, -0.2) is 14.5 Å². The molecule has 94 valence electrons. The van der Waals surface area contributed by atoms with Gasteiger partial charge in [0.05, 0.1) is 27.8 Å². The van der Waals surface area contributed by atoms with E-state index in [4.69, 9.17) is 23.2 Å². The molecule has 0 fully saturated rings. The zero-order valence-corrected chi connectivity index (χ0v) is 10.7. The van der Waals surface area contributed by atoms with Gasteiger partial charge < -0.3 is 4.57 Å². The molecule has 1 aromatic heterocycles. The Balaban J connectivity index is 2.21. The SMILES string of the molecule is O=[N+]([O-])c1ccc(Cn2cnc(CCl)c2)c(Cl)c1. The van der Waals surface area contributed by atoms with Gasteiger partial charge in [-0.15, -0.1) is 11.6 Å². The van der Waals surface area contributed by atoms with E-state index in [0.29, 0.717) is 17.4 Å². The summed E-state index contributed by atoms with van der Waals surface area (Å²) in [5, 5.41) is 10.9. The van der Waals surface area contributed by atoms with Crippen LogP contribution >= 0.6 is 23.2 Å². The summed E-state index contributed by atoms with van der Waals surface area (Å²) in [6.07, 6.45) is 3.46. The minimum atomic E-state index is -0.474. The molecule has 0 N–H and O–H groups in total. The van der Waals surface area contributed by atoms with E-state index < -0.39 is 4.92 Å². The second-order valence-electron chi connectivity index (χ2n) is 3.70. The number of hydrogen-bond donors (Lipinski definition) is 0. The Morgan fingerprint density at radius 1 is 1.44 bits per heavy atom. The number of nitro groups is 1. The first-order valence-electron chi connectivity index (χ1n) is 5.09. The lowest BCUT2D eigenvalue weighted by Gasteiger charge is -2.04. The fraction of sp³-hybridized carbons (Fsp3) is 0.182. The van der Waals surface area contributed by atoms with Crippen LogP contribution in [0.5, 0.6) is 0 Å². The Kier molecular flexibility index (Phi) is 3.84. The first-order valence-corrected chi connectivity index (χ1v) is 6.01. The van der Waals surface area contributed by atoms with Crippen molar-refractivity contribution in [3.8, 4) is 0 Å². The molecule has 0 radical (unpaired) electrons. The van der Waals surface area contributed by atoms with Crippen molar-refractivity contribution in [1.29, 1.82) is 0 Å². The van der Waals surface area contributed by atoms with E-state index in [-0.39, 0.29) is 5.69 Å². The van der Waals surface area contributed by atoms with Crippen LogP contribution in [0.3, 0.4) is 0 Å². The Bertz CT molecular complexity index is 583. The second kappa shape index (κ2) is 5.37. The second-order valence-corrected chi connectivity index (χ2v) is 4.38. The van der Waals surface area contributed by atoms with Crippen LogP contribution in [0.4, 0.5) is 5.69 Å². The lowest BCUT2D eigenvalue weighted by Crippen LogP contribution is -1.98. The molecule has 1 heterocycles. The van der Waals surface area contributed by atoms with Gasteiger partial charge >= 0.3 is 0 Å². The molecular weight excluding hydrogens is 277 g/mol. The quantitative estimate of drug-likeness (QED) is 0.492. The van der Waals surface area contributed by atoms with Crippen LogP contribution in [-0.2, 0) is 12.4 Å².